The van der Waals surface area contributed by atoms with Gasteiger partial charge in [0.05, 0.1) is 6.61 Å². The van der Waals surface area contributed by atoms with Gasteiger partial charge >= 0.3 is 0 Å². The van der Waals surface area contributed by atoms with Crippen LogP contribution in [-0.2, 0) is 21.4 Å². The van der Waals surface area contributed by atoms with E-state index in [1.165, 1.54) is 19.2 Å². The highest BCUT2D eigenvalue weighted by atomic mass is 32.2. The van der Waals surface area contributed by atoms with Crippen LogP contribution in [0.5, 0.6) is 0 Å². The Morgan fingerprint density at radius 3 is 2.72 bits per heavy atom. The van der Waals surface area contributed by atoms with Crippen LogP contribution in [0.4, 0.5) is 0 Å². The van der Waals surface area contributed by atoms with E-state index in [9.17, 15) is 8.42 Å². The first-order valence-corrected chi connectivity index (χ1v) is 7.22. The molecule has 0 radical (unpaired) electrons. The Labute approximate surface area is 107 Å². The van der Waals surface area contributed by atoms with Crippen LogP contribution in [0.3, 0.4) is 0 Å². The first-order chi connectivity index (χ1) is 8.53. The van der Waals surface area contributed by atoms with Gasteiger partial charge in [-0.25, -0.2) is 13.1 Å². The Kier molecular flexibility index (Phi) is 5.80. The normalized spacial score (nSPS) is 13.7. The molecule has 0 bridgehead atoms. The van der Waals surface area contributed by atoms with Crippen LogP contribution >= 0.6 is 0 Å². The van der Waals surface area contributed by atoms with Gasteiger partial charge in [0.1, 0.15) is 12.4 Å². The first-order valence-electron chi connectivity index (χ1n) is 5.74. The Bertz CT molecular complexity index is 448. The maximum atomic E-state index is 12.0. The third-order valence-electron chi connectivity index (χ3n) is 2.38. The van der Waals surface area contributed by atoms with Crippen LogP contribution in [0.25, 0.3) is 0 Å². The molecule has 0 aromatic carbocycles. The number of furan rings is 1. The number of rotatable bonds is 8. The molecule has 1 atom stereocenters. The van der Waals surface area contributed by atoms with Gasteiger partial charge in [0.25, 0.3) is 10.0 Å². The molecule has 1 rings (SSSR count). The Morgan fingerprint density at radius 2 is 2.22 bits per heavy atom. The molecular weight excluding hydrogens is 258 g/mol. The molecule has 104 valence electrons. The molecular formula is C11H19NO5S. The first kappa shape index (κ1) is 15.2. The molecule has 0 saturated heterocycles. The monoisotopic (exact) mass is 277 g/mol. The standard InChI is InChI=1S/C11H19NO5S/c1-3-4-9(8-16-2)12-18(14,15)11-6-5-10(7-13)17-11/h5-6,9,12-13H,3-4,7-8H2,1-2H3. The van der Waals surface area contributed by atoms with E-state index in [0.717, 1.165) is 6.42 Å². The highest BCUT2D eigenvalue weighted by Crippen LogP contribution is 2.15. The topological polar surface area (TPSA) is 88.8 Å². The molecule has 1 unspecified atom stereocenters. The molecule has 1 heterocycles. The fraction of sp³-hybridized carbons (Fsp3) is 0.636. The van der Waals surface area contributed by atoms with Crippen LogP contribution in [-0.4, -0.2) is 33.3 Å². The fourth-order valence-electron chi connectivity index (χ4n) is 1.59. The summed E-state index contributed by atoms with van der Waals surface area (Å²) in [6.45, 7) is 1.94. The van der Waals surface area contributed by atoms with E-state index in [1.807, 2.05) is 6.92 Å². The minimum atomic E-state index is -3.70. The van der Waals surface area contributed by atoms with Crippen LogP contribution < -0.4 is 4.72 Å². The van der Waals surface area contributed by atoms with Crippen LogP contribution in [0.1, 0.15) is 25.5 Å². The zero-order chi connectivity index (χ0) is 13.6. The van der Waals surface area contributed by atoms with Gasteiger partial charge < -0.3 is 14.3 Å². The largest absolute Gasteiger partial charge is 0.446 e. The van der Waals surface area contributed by atoms with Gasteiger partial charge in [-0.3, -0.25) is 0 Å². The molecule has 0 spiro atoms. The van der Waals surface area contributed by atoms with Gasteiger partial charge in [0, 0.05) is 13.2 Å². The van der Waals surface area contributed by atoms with Crippen molar-refractivity contribution >= 4 is 10.0 Å². The minimum absolute atomic E-state index is 0.191. The average molecular weight is 277 g/mol. The second kappa shape index (κ2) is 6.89. The van der Waals surface area contributed by atoms with E-state index in [2.05, 4.69) is 4.72 Å². The molecule has 6 nitrogen and oxygen atoms in total. The molecule has 0 aliphatic carbocycles. The SMILES string of the molecule is CCCC(COC)NS(=O)(=O)c1ccc(CO)o1. The van der Waals surface area contributed by atoms with Gasteiger partial charge in [-0.1, -0.05) is 13.3 Å². The molecule has 0 aliphatic rings. The second-order valence-electron chi connectivity index (χ2n) is 3.94. The Morgan fingerprint density at radius 1 is 1.50 bits per heavy atom. The highest BCUT2D eigenvalue weighted by Gasteiger charge is 2.22. The van der Waals surface area contributed by atoms with Crippen molar-refractivity contribution in [1.82, 2.24) is 4.72 Å². The summed E-state index contributed by atoms with van der Waals surface area (Å²) < 4.78 is 36.5. The summed E-state index contributed by atoms with van der Waals surface area (Å²) in [4.78, 5) is 0. The Balaban J connectivity index is 2.78. The molecule has 0 aliphatic heterocycles. The second-order valence-corrected chi connectivity index (χ2v) is 5.59. The van der Waals surface area contributed by atoms with Gasteiger partial charge in [-0.2, -0.15) is 0 Å². The number of sulfonamides is 1. The van der Waals surface area contributed by atoms with E-state index < -0.39 is 10.0 Å². The zero-order valence-corrected chi connectivity index (χ0v) is 11.4. The molecule has 7 heteroatoms. The maximum absolute atomic E-state index is 12.0. The summed E-state index contributed by atoms with van der Waals surface area (Å²) in [6, 6.07) is 2.47. The zero-order valence-electron chi connectivity index (χ0n) is 10.5. The number of hydrogen-bond acceptors (Lipinski definition) is 5. The highest BCUT2D eigenvalue weighted by molar-refractivity contribution is 7.89. The molecule has 0 fully saturated rings. The van der Waals surface area contributed by atoms with Crippen LogP contribution in [0.15, 0.2) is 21.6 Å². The van der Waals surface area contributed by atoms with Crippen molar-refractivity contribution in [2.45, 2.75) is 37.5 Å². The third-order valence-corrected chi connectivity index (χ3v) is 3.78. The van der Waals surface area contributed by atoms with Gasteiger partial charge in [-0.15, -0.1) is 0 Å². The summed E-state index contributed by atoms with van der Waals surface area (Å²) >= 11 is 0. The molecule has 1 aromatic heterocycles. The molecule has 0 amide bonds. The fourth-order valence-corrected chi connectivity index (χ4v) is 2.80. The number of hydrogen-bond donors (Lipinski definition) is 2. The molecule has 2 N–H and O–H groups in total. The van der Waals surface area contributed by atoms with Crippen molar-refractivity contribution in [3.05, 3.63) is 17.9 Å². The van der Waals surface area contributed by atoms with Gasteiger partial charge in [0.15, 0.2) is 0 Å². The van der Waals surface area contributed by atoms with Gasteiger partial charge in [-0.05, 0) is 18.6 Å². The number of ether oxygens (including phenoxy) is 1. The van der Waals surface area contributed by atoms with E-state index in [-0.39, 0.29) is 23.5 Å². The van der Waals surface area contributed by atoms with Crippen molar-refractivity contribution in [3.63, 3.8) is 0 Å². The van der Waals surface area contributed by atoms with Crippen LogP contribution in [0, 0.1) is 0 Å². The summed E-state index contributed by atoms with van der Waals surface area (Å²) in [5.74, 6) is 0.217. The summed E-state index contributed by atoms with van der Waals surface area (Å²) in [5, 5.41) is 8.65. The average Bonchev–Trinajstić information content (AvgIpc) is 2.78. The lowest BCUT2D eigenvalue weighted by Crippen LogP contribution is -2.37. The third kappa shape index (κ3) is 4.09. The smallest absolute Gasteiger partial charge is 0.274 e. The predicted octanol–water partition coefficient (Wildman–Crippen LogP) is 0.865. The van der Waals surface area contributed by atoms with Crippen molar-refractivity contribution in [2.75, 3.05) is 13.7 Å². The molecule has 0 saturated carbocycles. The lowest BCUT2D eigenvalue weighted by Gasteiger charge is -2.16. The summed E-state index contributed by atoms with van der Waals surface area (Å²) in [6.07, 6.45) is 1.53. The van der Waals surface area contributed by atoms with Crippen LogP contribution in [0.2, 0.25) is 0 Å². The summed E-state index contributed by atoms with van der Waals surface area (Å²) in [5.41, 5.74) is 0. The number of nitrogens with one attached hydrogen (secondary N) is 1. The van der Waals surface area contributed by atoms with E-state index >= 15 is 0 Å². The lowest BCUT2D eigenvalue weighted by atomic mass is 10.2. The Hall–Kier alpha value is -0.890. The minimum Gasteiger partial charge on any atom is -0.446 e. The maximum Gasteiger partial charge on any atom is 0.274 e. The van der Waals surface area contributed by atoms with E-state index in [0.29, 0.717) is 13.0 Å². The van der Waals surface area contributed by atoms with Crippen molar-refractivity contribution < 1.29 is 22.7 Å². The quantitative estimate of drug-likeness (QED) is 0.736. The van der Waals surface area contributed by atoms with E-state index in [4.69, 9.17) is 14.3 Å². The number of aliphatic hydroxyl groups excluding tert-OH is 1. The number of aliphatic hydroxyl groups is 1. The lowest BCUT2D eigenvalue weighted by molar-refractivity contribution is 0.170. The molecule has 1 aromatic rings. The number of methoxy groups -OCH3 is 1. The summed E-state index contributed by atoms with van der Waals surface area (Å²) in [7, 11) is -2.18. The van der Waals surface area contributed by atoms with Gasteiger partial charge in [0.2, 0.25) is 5.09 Å². The van der Waals surface area contributed by atoms with Crippen molar-refractivity contribution in [1.29, 1.82) is 0 Å². The van der Waals surface area contributed by atoms with E-state index in [1.54, 1.807) is 0 Å². The van der Waals surface area contributed by atoms with Crippen molar-refractivity contribution in [3.8, 4) is 0 Å². The van der Waals surface area contributed by atoms with Crippen molar-refractivity contribution in [2.24, 2.45) is 0 Å². The molecule has 18 heavy (non-hydrogen) atoms. The predicted molar refractivity (Wildman–Crippen MR) is 65.5 cm³/mol.